The lowest BCUT2D eigenvalue weighted by Gasteiger charge is -2.07. The maximum Gasteiger partial charge on any atom is 0.147 e. The van der Waals surface area contributed by atoms with Gasteiger partial charge in [0, 0.05) is 6.20 Å². The topological polar surface area (TPSA) is 48.1 Å². The molecule has 0 amide bonds. The van der Waals surface area contributed by atoms with Gasteiger partial charge in [0.25, 0.3) is 0 Å². The van der Waals surface area contributed by atoms with E-state index < -0.39 is 0 Å². The number of nitrogens with two attached hydrogens (primary N) is 1. The van der Waals surface area contributed by atoms with Crippen LogP contribution in [0, 0.1) is 0 Å². The highest BCUT2D eigenvalue weighted by Crippen LogP contribution is 2.14. The van der Waals surface area contributed by atoms with Crippen LogP contribution in [0.2, 0.25) is 0 Å². The molecule has 0 aliphatic heterocycles. The molecule has 0 spiro atoms. The number of nitrogens with zero attached hydrogens (tertiary/aromatic N) is 1. The smallest absolute Gasteiger partial charge is 0.147 e. The molecular formula is C9H12N2OS. The Labute approximate surface area is 82.9 Å². The molecule has 0 bridgehead atoms. The quantitative estimate of drug-likeness (QED) is 0.741. The molecule has 1 rings (SSSR count). The molecule has 0 saturated heterocycles. The Bertz CT molecular complexity index is 301. The van der Waals surface area contributed by atoms with Crippen molar-refractivity contribution in [3.05, 3.63) is 24.0 Å². The van der Waals surface area contributed by atoms with E-state index in [9.17, 15) is 0 Å². The zero-order valence-corrected chi connectivity index (χ0v) is 8.30. The first kappa shape index (κ1) is 9.92. The maximum absolute atomic E-state index is 5.48. The second-order valence-corrected chi connectivity index (χ2v) is 3.00. The molecule has 1 aromatic heterocycles. The molecule has 2 N–H and O–H groups in total. The molecule has 0 aliphatic carbocycles. The summed E-state index contributed by atoms with van der Waals surface area (Å²) in [7, 11) is 0. The number of pyridine rings is 1. The highest BCUT2D eigenvalue weighted by atomic mass is 32.1. The molecule has 0 unspecified atom stereocenters. The molecule has 0 aromatic carbocycles. The fraction of sp³-hybridized carbons (Fsp3) is 0.333. The summed E-state index contributed by atoms with van der Waals surface area (Å²) >= 11 is 4.84. The Balaban J connectivity index is 2.84. The molecule has 3 nitrogen and oxygen atoms in total. The van der Waals surface area contributed by atoms with Crippen molar-refractivity contribution in [3.8, 4) is 5.75 Å². The lowest BCUT2D eigenvalue weighted by molar-refractivity contribution is 0.315. The van der Waals surface area contributed by atoms with E-state index in [4.69, 9.17) is 22.7 Å². The van der Waals surface area contributed by atoms with Gasteiger partial charge in [-0.05, 0) is 18.6 Å². The average Bonchev–Trinajstić information content (AvgIpc) is 2.15. The van der Waals surface area contributed by atoms with Crippen LogP contribution in [-0.2, 0) is 0 Å². The van der Waals surface area contributed by atoms with Crippen molar-refractivity contribution in [1.82, 2.24) is 4.98 Å². The van der Waals surface area contributed by atoms with Gasteiger partial charge in [-0.25, -0.2) is 4.98 Å². The van der Waals surface area contributed by atoms with Gasteiger partial charge in [-0.2, -0.15) is 0 Å². The van der Waals surface area contributed by atoms with Crippen LogP contribution in [0.5, 0.6) is 5.75 Å². The Morgan fingerprint density at radius 1 is 1.69 bits per heavy atom. The zero-order chi connectivity index (χ0) is 9.68. The predicted octanol–water partition coefficient (Wildman–Crippen LogP) is 1.50. The van der Waals surface area contributed by atoms with Gasteiger partial charge in [-0.1, -0.05) is 19.1 Å². The van der Waals surface area contributed by atoms with E-state index in [1.165, 1.54) is 0 Å². The summed E-state index contributed by atoms with van der Waals surface area (Å²) in [5.74, 6) is 0.664. The normalized spacial score (nSPS) is 9.62. The molecule has 4 heteroatoms. The van der Waals surface area contributed by atoms with Crippen molar-refractivity contribution in [2.45, 2.75) is 13.3 Å². The number of ether oxygens (including phenoxy) is 1. The van der Waals surface area contributed by atoms with E-state index >= 15 is 0 Å². The third-order valence-corrected chi connectivity index (χ3v) is 1.66. The summed E-state index contributed by atoms with van der Waals surface area (Å²) in [4.78, 5) is 4.31. The summed E-state index contributed by atoms with van der Waals surface area (Å²) in [6.45, 7) is 2.69. The van der Waals surface area contributed by atoms with Gasteiger partial charge >= 0.3 is 0 Å². The number of rotatable bonds is 4. The molecule has 0 atom stereocenters. The standard InChI is InChI=1S/C9H12N2OS/c1-2-6-12-7-4-3-5-11-8(7)9(10)13/h3-5H,2,6H2,1H3,(H2,10,13). The summed E-state index contributed by atoms with van der Waals surface area (Å²) in [5, 5.41) is 0. The van der Waals surface area contributed by atoms with Crippen molar-refractivity contribution in [3.63, 3.8) is 0 Å². The number of thiocarbonyl (C=S) groups is 1. The van der Waals surface area contributed by atoms with Gasteiger partial charge < -0.3 is 10.5 Å². The lowest BCUT2D eigenvalue weighted by Crippen LogP contribution is -2.13. The van der Waals surface area contributed by atoms with E-state index in [0.717, 1.165) is 6.42 Å². The van der Waals surface area contributed by atoms with Gasteiger partial charge in [0.2, 0.25) is 0 Å². The van der Waals surface area contributed by atoms with E-state index in [0.29, 0.717) is 18.1 Å². The largest absolute Gasteiger partial charge is 0.491 e. The molecular weight excluding hydrogens is 184 g/mol. The van der Waals surface area contributed by atoms with Crippen molar-refractivity contribution in [2.75, 3.05) is 6.61 Å². The van der Waals surface area contributed by atoms with Crippen molar-refractivity contribution >= 4 is 17.2 Å². The molecule has 0 saturated carbocycles. The summed E-state index contributed by atoms with van der Waals surface area (Å²) in [6.07, 6.45) is 2.60. The lowest BCUT2D eigenvalue weighted by atomic mass is 10.3. The van der Waals surface area contributed by atoms with Crippen LogP contribution in [0.1, 0.15) is 19.0 Å². The SMILES string of the molecule is CCCOc1cccnc1C(N)=S. The molecule has 0 fully saturated rings. The molecule has 0 aliphatic rings. The van der Waals surface area contributed by atoms with Gasteiger partial charge in [-0.15, -0.1) is 0 Å². The second kappa shape index (κ2) is 4.77. The van der Waals surface area contributed by atoms with Crippen LogP contribution in [0.15, 0.2) is 18.3 Å². The first-order valence-electron chi connectivity index (χ1n) is 4.13. The Hall–Kier alpha value is -1.16. The first-order valence-corrected chi connectivity index (χ1v) is 4.54. The monoisotopic (exact) mass is 196 g/mol. The van der Waals surface area contributed by atoms with Crippen molar-refractivity contribution in [1.29, 1.82) is 0 Å². The van der Waals surface area contributed by atoms with Crippen molar-refractivity contribution in [2.24, 2.45) is 5.73 Å². The molecule has 0 radical (unpaired) electrons. The number of hydrogen-bond acceptors (Lipinski definition) is 3. The summed E-state index contributed by atoms with van der Waals surface area (Å²) in [5.41, 5.74) is 6.04. The zero-order valence-electron chi connectivity index (χ0n) is 7.49. The highest BCUT2D eigenvalue weighted by Gasteiger charge is 2.05. The first-order chi connectivity index (χ1) is 6.25. The Morgan fingerprint density at radius 2 is 2.46 bits per heavy atom. The van der Waals surface area contributed by atoms with Crippen LogP contribution in [-0.4, -0.2) is 16.6 Å². The van der Waals surface area contributed by atoms with E-state index in [1.54, 1.807) is 12.3 Å². The van der Waals surface area contributed by atoms with E-state index in [-0.39, 0.29) is 4.99 Å². The van der Waals surface area contributed by atoms with E-state index in [1.807, 2.05) is 13.0 Å². The van der Waals surface area contributed by atoms with Gasteiger partial charge in [0.1, 0.15) is 16.4 Å². The Morgan fingerprint density at radius 3 is 3.08 bits per heavy atom. The maximum atomic E-state index is 5.48. The third kappa shape index (κ3) is 2.66. The minimum atomic E-state index is 0.270. The Kier molecular flexibility index (Phi) is 3.64. The number of aromatic nitrogens is 1. The van der Waals surface area contributed by atoms with E-state index in [2.05, 4.69) is 4.98 Å². The van der Waals surface area contributed by atoms with Crippen LogP contribution in [0.4, 0.5) is 0 Å². The van der Waals surface area contributed by atoms with Gasteiger partial charge in [0.05, 0.1) is 6.61 Å². The fourth-order valence-electron chi connectivity index (χ4n) is 0.904. The van der Waals surface area contributed by atoms with Crippen LogP contribution < -0.4 is 10.5 Å². The summed E-state index contributed by atoms with van der Waals surface area (Å²) in [6, 6.07) is 3.62. The fourth-order valence-corrected chi connectivity index (χ4v) is 1.06. The van der Waals surface area contributed by atoms with Crippen LogP contribution in [0.25, 0.3) is 0 Å². The molecule has 1 heterocycles. The third-order valence-electron chi connectivity index (χ3n) is 1.47. The van der Waals surface area contributed by atoms with Crippen LogP contribution >= 0.6 is 12.2 Å². The van der Waals surface area contributed by atoms with Crippen LogP contribution in [0.3, 0.4) is 0 Å². The minimum Gasteiger partial charge on any atom is -0.491 e. The van der Waals surface area contributed by atoms with Gasteiger partial charge in [-0.3, -0.25) is 0 Å². The van der Waals surface area contributed by atoms with Gasteiger partial charge in [0.15, 0.2) is 0 Å². The molecule has 70 valence electrons. The number of hydrogen-bond donors (Lipinski definition) is 1. The molecule has 13 heavy (non-hydrogen) atoms. The minimum absolute atomic E-state index is 0.270. The summed E-state index contributed by atoms with van der Waals surface area (Å²) < 4.78 is 5.42. The predicted molar refractivity (Wildman–Crippen MR) is 55.9 cm³/mol. The highest BCUT2D eigenvalue weighted by molar-refractivity contribution is 7.80. The van der Waals surface area contributed by atoms with Crippen molar-refractivity contribution < 1.29 is 4.74 Å². The molecule has 1 aromatic rings. The average molecular weight is 196 g/mol. The second-order valence-electron chi connectivity index (χ2n) is 2.56.